The van der Waals surface area contributed by atoms with E-state index >= 15 is 0 Å². The molecule has 2 bridgehead atoms. The lowest BCUT2D eigenvalue weighted by Crippen LogP contribution is -2.58. The van der Waals surface area contributed by atoms with Gasteiger partial charge in [0.2, 0.25) is 11.8 Å². The topological polar surface area (TPSA) is 78.8 Å². The van der Waals surface area contributed by atoms with E-state index in [0.29, 0.717) is 12.5 Å². The largest absolute Gasteiger partial charge is 0.330 e. The lowest BCUT2D eigenvalue weighted by Gasteiger charge is -2.37. The Morgan fingerprint density at radius 3 is 2.56 bits per heavy atom. The molecule has 2 saturated carbocycles. The second-order valence-corrected chi connectivity index (χ2v) is 8.54. The van der Waals surface area contributed by atoms with Gasteiger partial charge in [0.25, 0.3) is 0 Å². The van der Waals surface area contributed by atoms with Crippen molar-refractivity contribution in [1.29, 1.82) is 0 Å². The van der Waals surface area contributed by atoms with Gasteiger partial charge < -0.3 is 0 Å². The van der Waals surface area contributed by atoms with Gasteiger partial charge in [-0.15, -0.1) is 0 Å². The van der Waals surface area contributed by atoms with Crippen LogP contribution >= 0.6 is 0 Å². The quantitative estimate of drug-likeness (QED) is 0.613. The van der Waals surface area contributed by atoms with Gasteiger partial charge in [0.15, 0.2) is 5.92 Å². The maximum absolute atomic E-state index is 12.6. The van der Waals surface area contributed by atoms with Crippen molar-refractivity contribution >= 4 is 24.1 Å². The fourth-order valence-electron chi connectivity index (χ4n) is 4.87. The molecule has 1 aliphatic heterocycles. The average molecular weight is 347 g/mol. The van der Waals surface area contributed by atoms with Gasteiger partial charge in [-0.05, 0) is 42.4 Å². The molecule has 0 aromatic rings. The normalized spacial score (nSPS) is 37.2. The molecule has 0 spiro atoms. The molecular formula is C19H29N3O3. The number of hydrogen-bond donors (Lipinski definition) is 1. The maximum atomic E-state index is 12.6. The Labute approximate surface area is 149 Å². The minimum absolute atomic E-state index is 0.111. The average Bonchev–Trinajstić information content (AvgIpc) is 2.87. The summed E-state index contributed by atoms with van der Waals surface area (Å²) in [6.07, 6.45) is 6.49. The van der Waals surface area contributed by atoms with Gasteiger partial charge >= 0.3 is 6.03 Å². The van der Waals surface area contributed by atoms with Crippen molar-refractivity contribution in [3.8, 4) is 0 Å². The Hall–Kier alpha value is -1.72. The third-order valence-corrected chi connectivity index (χ3v) is 7.19. The molecule has 3 rings (SSSR count). The molecule has 25 heavy (non-hydrogen) atoms. The number of aliphatic imine (C=N–C) groups is 1. The molecule has 1 heterocycles. The Bertz CT molecular complexity index is 627. The zero-order valence-electron chi connectivity index (χ0n) is 15.7. The van der Waals surface area contributed by atoms with Crippen molar-refractivity contribution in [3.05, 3.63) is 0 Å². The highest BCUT2D eigenvalue weighted by molar-refractivity contribution is 6.23. The molecule has 0 unspecified atom stereocenters. The van der Waals surface area contributed by atoms with Gasteiger partial charge in [0, 0.05) is 12.8 Å². The summed E-state index contributed by atoms with van der Waals surface area (Å²) in [4.78, 5) is 42.4. The monoisotopic (exact) mass is 347 g/mol. The molecule has 0 aromatic heterocycles. The number of nitrogens with one attached hydrogen (secondary N) is 1. The maximum Gasteiger partial charge on any atom is 0.330 e. The summed E-state index contributed by atoms with van der Waals surface area (Å²) in [6, 6.07) is -0.468. The summed E-state index contributed by atoms with van der Waals surface area (Å²) in [5.74, 6) is -1.34. The van der Waals surface area contributed by atoms with Gasteiger partial charge in [0.05, 0.1) is 6.04 Å². The zero-order valence-corrected chi connectivity index (χ0v) is 15.7. The SMILES string of the molecule is CCCCN1C(=O)NC(=O)[C@@H](C=N[C@H]2C[C@H]3CC[C@]2(C)C3(C)C)C1=O. The van der Waals surface area contributed by atoms with Crippen LogP contribution in [-0.2, 0) is 9.59 Å². The number of nitrogens with zero attached hydrogens (tertiary/aromatic N) is 2. The molecule has 1 N–H and O–H groups in total. The van der Waals surface area contributed by atoms with Crippen molar-refractivity contribution < 1.29 is 14.4 Å². The number of carbonyl (C=O) groups excluding carboxylic acids is 3. The van der Waals surface area contributed by atoms with Crippen molar-refractivity contribution in [2.75, 3.05) is 6.54 Å². The highest BCUT2D eigenvalue weighted by Crippen LogP contribution is 2.66. The first-order valence-corrected chi connectivity index (χ1v) is 9.42. The van der Waals surface area contributed by atoms with Crippen LogP contribution < -0.4 is 5.32 Å². The van der Waals surface area contributed by atoms with Crippen LogP contribution in [0.2, 0.25) is 0 Å². The van der Waals surface area contributed by atoms with Gasteiger partial charge in [0.1, 0.15) is 0 Å². The number of barbiturate groups is 1. The van der Waals surface area contributed by atoms with E-state index in [2.05, 4.69) is 26.1 Å². The molecule has 138 valence electrons. The summed E-state index contributed by atoms with van der Waals surface area (Å²) in [5, 5.41) is 2.29. The number of rotatable bonds is 5. The lowest BCUT2D eigenvalue weighted by molar-refractivity contribution is -0.139. The molecule has 2 aliphatic carbocycles. The number of unbranched alkanes of at least 4 members (excludes halogenated alkanes) is 1. The molecule has 4 atom stereocenters. The van der Waals surface area contributed by atoms with Gasteiger partial charge in [-0.3, -0.25) is 24.8 Å². The van der Waals surface area contributed by atoms with E-state index in [9.17, 15) is 14.4 Å². The standard InChI is InChI=1S/C19H29N3O3/c1-5-6-9-22-16(24)13(15(23)21-17(22)25)11-20-14-10-12-7-8-19(14,4)18(12,2)3/h11-14H,5-10H2,1-4H3,(H,21,23,25)/t12-,13-,14+,19+/m1/s1. The summed E-state index contributed by atoms with van der Waals surface area (Å²) < 4.78 is 0. The second kappa shape index (κ2) is 6.22. The molecule has 3 fully saturated rings. The van der Waals surface area contributed by atoms with Crippen LogP contribution in [0.15, 0.2) is 4.99 Å². The molecular weight excluding hydrogens is 318 g/mol. The van der Waals surface area contributed by atoms with Crippen molar-refractivity contribution in [3.63, 3.8) is 0 Å². The van der Waals surface area contributed by atoms with E-state index in [4.69, 9.17) is 4.99 Å². The highest BCUT2D eigenvalue weighted by Gasteiger charge is 2.61. The predicted molar refractivity (Wildman–Crippen MR) is 95.2 cm³/mol. The van der Waals surface area contributed by atoms with E-state index in [1.54, 1.807) is 0 Å². The van der Waals surface area contributed by atoms with E-state index in [-0.39, 0.29) is 16.9 Å². The fraction of sp³-hybridized carbons (Fsp3) is 0.789. The van der Waals surface area contributed by atoms with Gasteiger partial charge in [-0.2, -0.15) is 0 Å². The number of hydrogen-bond acceptors (Lipinski definition) is 4. The number of imide groups is 2. The van der Waals surface area contributed by atoms with Crippen LogP contribution in [-0.4, -0.2) is 41.5 Å². The van der Waals surface area contributed by atoms with Crippen LogP contribution in [0.4, 0.5) is 4.79 Å². The first-order chi connectivity index (χ1) is 11.7. The van der Waals surface area contributed by atoms with E-state index in [0.717, 1.165) is 30.6 Å². The first kappa shape index (κ1) is 18.1. The highest BCUT2D eigenvalue weighted by atomic mass is 16.2. The number of fused-ring (bicyclic) bond motifs is 2. The Balaban J connectivity index is 1.75. The fourth-order valence-corrected chi connectivity index (χ4v) is 4.87. The van der Waals surface area contributed by atoms with Crippen molar-refractivity contribution in [2.45, 2.75) is 65.8 Å². The Morgan fingerprint density at radius 2 is 2.00 bits per heavy atom. The minimum atomic E-state index is -0.986. The smallest absolute Gasteiger partial charge is 0.292 e. The molecule has 6 nitrogen and oxygen atoms in total. The predicted octanol–water partition coefficient (Wildman–Crippen LogP) is 2.77. The molecule has 1 saturated heterocycles. The third kappa shape index (κ3) is 2.70. The summed E-state index contributed by atoms with van der Waals surface area (Å²) in [5.41, 5.74) is 0.344. The summed E-state index contributed by atoms with van der Waals surface area (Å²) in [7, 11) is 0. The Kier molecular flexibility index (Phi) is 4.50. The van der Waals surface area contributed by atoms with Crippen LogP contribution in [0.5, 0.6) is 0 Å². The van der Waals surface area contributed by atoms with E-state index in [1.165, 1.54) is 12.6 Å². The second-order valence-electron chi connectivity index (χ2n) is 8.54. The van der Waals surface area contributed by atoms with Crippen LogP contribution in [0.1, 0.15) is 59.8 Å². The molecule has 3 aliphatic rings. The third-order valence-electron chi connectivity index (χ3n) is 7.19. The van der Waals surface area contributed by atoms with Crippen LogP contribution in [0.3, 0.4) is 0 Å². The number of amides is 4. The van der Waals surface area contributed by atoms with Gasteiger partial charge in [-0.25, -0.2) is 4.79 Å². The zero-order chi connectivity index (χ0) is 18.4. The molecule has 0 aromatic carbocycles. The van der Waals surface area contributed by atoms with Gasteiger partial charge in [-0.1, -0.05) is 34.1 Å². The van der Waals surface area contributed by atoms with Crippen molar-refractivity contribution in [1.82, 2.24) is 10.2 Å². The van der Waals surface area contributed by atoms with E-state index < -0.39 is 23.8 Å². The van der Waals surface area contributed by atoms with Crippen LogP contribution in [0.25, 0.3) is 0 Å². The lowest BCUT2D eigenvalue weighted by atomic mass is 9.69. The first-order valence-electron chi connectivity index (χ1n) is 9.42. The molecule has 4 amide bonds. The Morgan fingerprint density at radius 1 is 1.28 bits per heavy atom. The number of carbonyl (C=O) groups is 3. The summed E-state index contributed by atoms with van der Waals surface area (Å²) >= 11 is 0. The van der Waals surface area contributed by atoms with E-state index in [1.807, 2.05) is 6.92 Å². The molecule has 6 heteroatoms. The van der Waals surface area contributed by atoms with Crippen LogP contribution in [0, 0.1) is 22.7 Å². The number of urea groups is 1. The minimum Gasteiger partial charge on any atom is -0.292 e. The van der Waals surface area contributed by atoms with Crippen molar-refractivity contribution in [2.24, 2.45) is 27.7 Å². The molecule has 0 radical (unpaired) electrons. The summed E-state index contributed by atoms with van der Waals surface area (Å²) in [6.45, 7) is 9.23.